The van der Waals surface area contributed by atoms with Crippen LogP contribution in [0.4, 0.5) is 0 Å². The molecule has 0 bridgehead atoms. The predicted octanol–water partition coefficient (Wildman–Crippen LogP) is -2.64. The van der Waals surface area contributed by atoms with E-state index in [1.807, 2.05) is 30.3 Å². The molecule has 1 atom stereocenters. The maximum atomic E-state index is 10.1. The zero-order valence-electron chi connectivity index (χ0n) is 13.9. The predicted molar refractivity (Wildman–Crippen MR) is 81.3 cm³/mol. The summed E-state index contributed by atoms with van der Waals surface area (Å²) >= 11 is 0. The van der Waals surface area contributed by atoms with Gasteiger partial charge in [-0.05, 0) is 18.1 Å². The van der Waals surface area contributed by atoms with Crippen molar-refractivity contribution in [1.82, 2.24) is 4.90 Å². The average molecular weight is 378 g/mol. The van der Waals surface area contributed by atoms with E-state index in [4.69, 9.17) is 28.1 Å². The maximum absolute atomic E-state index is 10.1. The Bertz CT molecular complexity index is 498. The molecule has 1 aromatic carbocycles. The van der Waals surface area contributed by atoms with Crippen LogP contribution in [0.3, 0.4) is 0 Å². The molecule has 1 aliphatic rings. The van der Waals surface area contributed by atoms with Crippen molar-refractivity contribution in [3.63, 3.8) is 0 Å². The highest BCUT2D eigenvalue weighted by molar-refractivity contribution is 5.34. The summed E-state index contributed by atoms with van der Waals surface area (Å²) in [5, 5.41) is 10.1. The van der Waals surface area contributed by atoms with E-state index in [9.17, 15) is 5.11 Å². The SMILES string of the molecule is C=CCc1ccccc1OCC(O)CN1CCOCC1.[O-][Cl+3]([O-])([O-])O. The van der Waals surface area contributed by atoms with Gasteiger partial charge in [-0.25, -0.2) is 0 Å². The van der Waals surface area contributed by atoms with Crippen LogP contribution in [-0.4, -0.2) is 60.2 Å². The van der Waals surface area contributed by atoms with Gasteiger partial charge < -0.3 is 14.6 Å². The second kappa shape index (κ2) is 11.4. The van der Waals surface area contributed by atoms with Gasteiger partial charge in [-0.2, -0.15) is 14.0 Å². The lowest BCUT2D eigenvalue weighted by Crippen LogP contribution is -2.58. The van der Waals surface area contributed by atoms with E-state index in [2.05, 4.69) is 11.5 Å². The lowest BCUT2D eigenvalue weighted by atomic mass is 10.1. The van der Waals surface area contributed by atoms with Gasteiger partial charge in [0.1, 0.15) is 18.5 Å². The monoisotopic (exact) mass is 377 g/mol. The van der Waals surface area contributed by atoms with Crippen molar-refractivity contribution < 1.29 is 43.5 Å². The fourth-order valence-corrected chi connectivity index (χ4v) is 2.29. The molecule has 1 fully saturated rings. The van der Waals surface area contributed by atoms with Crippen molar-refractivity contribution in [3.8, 4) is 5.75 Å². The molecule has 25 heavy (non-hydrogen) atoms. The number of hydrogen-bond donors (Lipinski definition) is 2. The van der Waals surface area contributed by atoms with Crippen molar-refractivity contribution in [3.05, 3.63) is 42.5 Å². The Morgan fingerprint density at radius 3 is 2.48 bits per heavy atom. The molecule has 9 heteroatoms. The Hall–Kier alpha value is -1.23. The molecule has 0 spiro atoms. The summed E-state index contributed by atoms with van der Waals surface area (Å²) < 4.78 is 43.7. The minimum absolute atomic E-state index is 0.311. The number of aliphatic hydroxyl groups is 1. The molecular formula is C16H24ClNO7. The summed E-state index contributed by atoms with van der Waals surface area (Å²) in [4.78, 5) is 2.20. The number of β-amino-alcohol motifs (C(OH)–C–C–N with tert-alkyl or cyclic N) is 1. The number of morpholine rings is 1. The summed E-state index contributed by atoms with van der Waals surface area (Å²) in [7, 11) is -4.69. The van der Waals surface area contributed by atoms with E-state index in [1.165, 1.54) is 0 Å². The number of allylic oxidation sites excluding steroid dienone is 1. The van der Waals surface area contributed by atoms with Crippen LogP contribution in [0.1, 0.15) is 5.56 Å². The fraction of sp³-hybridized carbons (Fsp3) is 0.500. The molecule has 0 aromatic heterocycles. The van der Waals surface area contributed by atoms with Gasteiger partial charge in [-0.3, -0.25) is 4.90 Å². The van der Waals surface area contributed by atoms with Gasteiger partial charge in [0.2, 0.25) is 0 Å². The van der Waals surface area contributed by atoms with Crippen LogP contribution in [0.2, 0.25) is 0 Å². The standard InChI is InChI=1S/C16H23NO3.ClHO4/c1-2-5-14-6-3-4-7-16(14)20-13-15(18)12-17-8-10-19-11-9-17;2-1(3,4)5/h2-4,6-7,15,18H,1,5,8-13H2;(H,2,3,4,5). The fourth-order valence-electron chi connectivity index (χ4n) is 2.29. The maximum Gasteiger partial charge on any atom is 0.122 e. The molecule has 1 unspecified atom stereocenters. The van der Waals surface area contributed by atoms with Crippen molar-refractivity contribution in [2.45, 2.75) is 12.5 Å². The number of nitrogens with zero attached hydrogens (tertiary/aromatic N) is 1. The van der Waals surface area contributed by atoms with Gasteiger partial charge in [-0.15, -0.1) is 6.58 Å². The van der Waals surface area contributed by atoms with Crippen molar-refractivity contribution >= 4 is 0 Å². The molecule has 1 heterocycles. The van der Waals surface area contributed by atoms with Crippen LogP contribution in [0, 0.1) is 10.2 Å². The minimum atomic E-state index is -4.69. The number of benzene rings is 1. The van der Waals surface area contributed by atoms with E-state index in [0.717, 1.165) is 44.0 Å². The van der Waals surface area contributed by atoms with Crippen molar-refractivity contribution in [2.75, 3.05) is 39.5 Å². The van der Waals surface area contributed by atoms with Gasteiger partial charge in [-0.1, -0.05) is 24.3 Å². The summed E-state index contributed by atoms with van der Waals surface area (Å²) in [6.45, 7) is 7.94. The topological polar surface area (TPSA) is 131 Å². The van der Waals surface area contributed by atoms with E-state index >= 15 is 0 Å². The van der Waals surface area contributed by atoms with Crippen molar-refractivity contribution in [1.29, 1.82) is 0 Å². The summed E-state index contributed by atoms with van der Waals surface area (Å²) in [5.41, 5.74) is 1.10. The van der Waals surface area contributed by atoms with E-state index < -0.39 is 16.3 Å². The summed E-state index contributed by atoms with van der Waals surface area (Å²) in [6.07, 6.45) is 2.15. The van der Waals surface area contributed by atoms with Crippen LogP contribution in [0.25, 0.3) is 0 Å². The molecule has 2 rings (SSSR count). The highest BCUT2D eigenvalue weighted by Gasteiger charge is 2.15. The van der Waals surface area contributed by atoms with E-state index in [1.54, 1.807) is 0 Å². The van der Waals surface area contributed by atoms with Gasteiger partial charge in [0, 0.05) is 19.6 Å². The molecule has 0 saturated carbocycles. The Morgan fingerprint density at radius 1 is 1.28 bits per heavy atom. The van der Waals surface area contributed by atoms with Crippen LogP contribution < -0.4 is 18.7 Å². The molecule has 0 amide bonds. The lowest BCUT2D eigenvalue weighted by Gasteiger charge is -2.28. The number of aliphatic hydroxyl groups excluding tert-OH is 1. The van der Waals surface area contributed by atoms with Gasteiger partial charge in [0.15, 0.2) is 0 Å². The Kier molecular flexibility index (Phi) is 9.94. The Labute approximate surface area is 149 Å². The lowest BCUT2D eigenvalue weighted by molar-refractivity contribution is -1.92. The summed E-state index contributed by atoms with van der Waals surface area (Å²) in [5.74, 6) is 0.827. The van der Waals surface area contributed by atoms with Crippen LogP contribution in [-0.2, 0) is 11.2 Å². The second-order valence-corrected chi connectivity index (χ2v) is 6.17. The highest BCUT2D eigenvalue weighted by atomic mass is 35.7. The zero-order valence-corrected chi connectivity index (χ0v) is 14.6. The largest absolute Gasteiger partial charge is 0.491 e. The molecule has 142 valence electrons. The van der Waals surface area contributed by atoms with Crippen LogP contribution >= 0.6 is 0 Å². The third-order valence-corrected chi connectivity index (χ3v) is 3.34. The van der Waals surface area contributed by atoms with Crippen LogP contribution in [0.15, 0.2) is 36.9 Å². The first kappa shape index (κ1) is 21.8. The number of halogens is 1. The number of rotatable bonds is 7. The first-order valence-electron chi connectivity index (χ1n) is 7.72. The Balaban J connectivity index is 0.000000550. The smallest absolute Gasteiger partial charge is 0.122 e. The highest BCUT2D eigenvalue weighted by Crippen LogP contribution is 2.19. The Morgan fingerprint density at radius 2 is 1.88 bits per heavy atom. The molecule has 1 saturated heterocycles. The minimum Gasteiger partial charge on any atom is -0.491 e. The quantitative estimate of drug-likeness (QED) is 0.493. The molecule has 1 aliphatic heterocycles. The third-order valence-electron chi connectivity index (χ3n) is 3.34. The summed E-state index contributed by atoms with van der Waals surface area (Å²) in [6, 6.07) is 7.87. The third kappa shape index (κ3) is 11.1. The number of ether oxygens (including phenoxy) is 2. The second-order valence-electron chi connectivity index (χ2n) is 5.37. The zero-order chi connectivity index (χ0) is 18.7. The van der Waals surface area contributed by atoms with Gasteiger partial charge >= 0.3 is 0 Å². The van der Waals surface area contributed by atoms with Gasteiger partial charge in [0.05, 0.1) is 28.1 Å². The first-order chi connectivity index (χ1) is 11.8. The molecular weight excluding hydrogens is 354 g/mol. The number of para-hydroxylation sites is 1. The van der Waals surface area contributed by atoms with E-state index in [-0.39, 0.29) is 0 Å². The van der Waals surface area contributed by atoms with E-state index in [0.29, 0.717) is 13.2 Å². The number of hydrogen-bond acceptors (Lipinski definition) is 8. The van der Waals surface area contributed by atoms with Gasteiger partial charge in [0.25, 0.3) is 0 Å². The first-order valence-corrected chi connectivity index (χ1v) is 8.99. The molecule has 2 N–H and O–H groups in total. The molecule has 1 aromatic rings. The molecule has 0 aliphatic carbocycles. The molecule has 0 radical (unpaired) electrons. The molecule has 8 nitrogen and oxygen atoms in total. The van der Waals surface area contributed by atoms with Crippen LogP contribution in [0.5, 0.6) is 5.75 Å². The average Bonchev–Trinajstić information content (AvgIpc) is 2.54. The normalized spacial score (nSPS) is 16.5. The van der Waals surface area contributed by atoms with Crippen molar-refractivity contribution in [2.24, 2.45) is 0 Å².